The Balaban J connectivity index is 1.75. The minimum absolute atomic E-state index is 0.0240. The molecule has 7 nitrogen and oxygen atoms in total. The average Bonchev–Trinajstić information content (AvgIpc) is 2.73. The lowest BCUT2D eigenvalue weighted by molar-refractivity contribution is -0.136. The van der Waals surface area contributed by atoms with E-state index in [9.17, 15) is 14.0 Å². The van der Waals surface area contributed by atoms with Gasteiger partial charge >= 0.3 is 0 Å². The van der Waals surface area contributed by atoms with Gasteiger partial charge < -0.3 is 15.0 Å². The van der Waals surface area contributed by atoms with Crippen molar-refractivity contribution in [1.29, 1.82) is 0 Å². The van der Waals surface area contributed by atoms with E-state index in [0.717, 1.165) is 19.3 Å². The second-order valence-electron chi connectivity index (χ2n) is 7.03. The third-order valence-electron chi connectivity index (χ3n) is 4.99. The summed E-state index contributed by atoms with van der Waals surface area (Å²) in [5.41, 5.74) is 1.36. The van der Waals surface area contributed by atoms with E-state index >= 15 is 0 Å². The van der Waals surface area contributed by atoms with Crippen LogP contribution in [-0.2, 0) is 9.53 Å². The van der Waals surface area contributed by atoms with Crippen molar-refractivity contribution in [3.63, 3.8) is 0 Å². The van der Waals surface area contributed by atoms with Gasteiger partial charge in [0.2, 0.25) is 5.91 Å². The average molecular weight is 400 g/mol. The van der Waals surface area contributed by atoms with Crippen LogP contribution in [0.3, 0.4) is 0 Å². The summed E-state index contributed by atoms with van der Waals surface area (Å²) in [7, 11) is 1.57. The van der Waals surface area contributed by atoms with Crippen molar-refractivity contribution >= 4 is 17.5 Å². The van der Waals surface area contributed by atoms with Crippen LogP contribution in [0, 0.1) is 12.7 Å². The number of aryl methyl sites for hydroxylation is 1. The van der Waals surface area contributed by atoms with Crippen molar-refractivity contribution in [3.05, 3.63) is 53.4 Å². The number of likely N-dealkylation sites (tertiary alicyclic amines) is 1. The third kappa shape index (κ3) is 5.14. The first kappa shape index (κ1) is 20.9. The molecule has 29 heavy (non-hydrogen) atoms. The molecule has 1 aromatic heterocycles. The van der Waals surface area contributed by atoms with Gasteiger partial charge in [0, 0.05) is 25.5 Å². The highest BCUT2D eigenvalue weighted by molar-refractivity contribution is 6.04. The molecule has 0 unspecified atom stereocenters. The number of nitrogens with one attached hydrogen (secondary N) is 1. The molecule has 8 heteroatoms. The van der Waals surface area contributed by atoms with Crippen LogP contribution >= 0.6 is 0 Å². The first-order chi connectivity index (χ1) is 14.0. The van der Waals surface area contributed by atoms with Gasteiger partial charge in [0.1, 0.15) is 5.82 Å². The second kappa shape index (κ2) is 9.56. The Morgan fingerprint density at radius 2 is 2.03 bits per heavy atom. The molecule has 2 heterocycles. The first-order valence-corrected chi connectivity index (χ1v) is 9.68. The van der Waals surface area contributed by atoms with E-state index in [1.165, 1.54) is 30.5 Å². The SMILES string of the molecule is COCCC(=O)N1CCCC[C@@H]1c1ncc(C(=O)Nc2ccc(F)cc2)c(C)n1. The molecule has 1 aliphatic rings. The van der Waals surface area contributed by atoms with E-state index in [2.05, 4.69) is 15.3 Å². The molecule has 1 aliphatic heterocycles. The number of halogens is 1. The van der Waals surface area contributed by atoms with Crippen LogP contribution in [0.2, 0.25) is 0 Å². The number of ether oxygens (including phenoxy) is 1. The standard InChI is InChI=1S/C21H25FN4O3/c1-14-17(21(28)25-16-8-6-15(22)7-9-16)13-23-20(24-14)18-5-3-4-11-26(18)19(27)10-12-29-2/h6-9,13,18H,3-5,10-12H2,1-2H3,(H,25,28)/t18-/m1/s1. The van der Waals surface area contributed by atoms with Gasteiger partial charge in [0.25, 0.3) is 5.91 Å². The Labute approximate surface area is 169 Å². The highest BCUT2D eigenvalue weighted by Crippen LogP contribution is 2.29. The van der Waals surface area contributed by atoms with Crippen molar-refractivity contribution < 1.29 is 18.7 Å². The number of hydrogen-bond donors (Lipinski definition) is 1. The van der Waals surface area contributed by atoms with Crippen molar-refractivity contribution in [2.45, 2.75) is 38.6 Å². The molecule has 0 aliphatic carbocycles. The minimum atomic E-state index is -0.371. The van der Waals surface area contributed by atoms with Gasteiger partial charge in [-0.25, -0.2) is 14.4 Å². The van der Waals surface area contributed by atoms with Crippen LogP contribution in [0.1, 0.15) is 53.6 Å². The van der Waals surface area contributed by atoms with Gasteiger partial charge in [0.15, 0.2) is 5.82 Å². The van der Waals surface area contributed by atoms with Crippen LogP contribution in [0.4, 0.5) is 10.1 Å². The molecule has 1 atom stereocenters. The van der Waals surface area contributed by atoms with Gasteiger partial charge in [-0.1, -0.05) is 0 Å². The zero-order valence-corrected chi connectivity index (χ0v) is 16.7. The van der Waals surface area contributed by atoms with Gasteiger partial charge in [-0.15, -0.1) is 0 Å². The summed E-state index contributed by atoms with van der Waals surface area (Å²) in [6.07, 6.45) is 4.55. The maximum absolute atomic E-state index is 13.0. The molecule has 0 radical (unpaired) electrons. The van der Waals surface area contributed by atoms with Gasteiger partial charge in [0.05, 0.1) is 30.3 Å². The molecular weight excluding hydrogens is 375 g/mol. The second-order valence-corrected chi connectivity index (χ2v) is 7.03. The molecule has 1 saturated heterocycles. The topological polar surface area (TPSA) is 84.4 Å². The van der Waals surface area contributed by atoms with Crippen molar-refractivity contribution in [2.75, 3.05) is 25.6 Å². The molecule has 154 valence electrons. The molecule has 3 rings (SSSR count). The monoisotopic (exact) mass is 400 g/mol. The number of carbonyl (C=O) groups is 2. The van der Waals surface area contributed by atoms with E-state index in [1.54, 1.807) is 14.0 Å². The normalized spacial score (nSPS) is 16.5. The highest BCUT2D eigenvalue weighted by atomic mass is 19.1. The first-order valence-electron chi connectivity index (χ1n) is 9.68. The number of piperidine rings is 1. The summed E-state index contributed by atoms with van der Waals surface area (Å²) < 4.78 is 18.0. The van der Waals surface area contributed by atoms with Crippen LogP contribution < -0.4 is 5.32 Å². The number of rotatable bonds is 6. The molecule has 1 aromatic carbocycles. The zero-order chi connectivity index (χ0) is 20.8. The number of methoxy groups -OCH3 is 1. The lowest BCUT2D eigenvalue weighted by Crippen LogP contribution is -2.39. The summed E-state index contributed by atoms with van der Waals surface area (Å²) in [4.78, 5) is 35.8. The number of anilines is 1. The number of carbonyl (C=O) groups excluding carboxylic acids is 2. The Kier molecular flexibility index (Phi) is 6.87. The molecule has 2 aromatic rings. The quantitative estimate of drug-likeness (QED) is 0.805. The van der Waals surface area contributed by atoms with E-state index in [1.807, 2.05) is 4.90 Å². The number of nitrogens with zero attached hydrogens (tertiary/aromatic N) is 3. The predicted molar refractivity (Wildman–Crippen MR) is 106 cm³/mol. The maximum atomic E-state index is 13.0. The van der Waals surface area contributed by atoms with Crippen molar-refractivity contribution in [1.82, 2.24) is 14.9 Å². The van der Waals surface area contributed by atoms with E-state index in [-0.39, 0.29) is 23.7 Å². The lowest BCUT2D eigenvalue weighted by atomic mass is 10.0. The Bertz CT molecular complexity index is 873. The lowest BCUT2D eigenvalue weighted by Gasteiger charge is -2.35. The van der Waals surface area contributed by atoms with E-state index in [0.29, 0.717) is 42.3 Å². The third-order valence-corrected chi connectivity index (χ3v) is 4.99. The fraction of sp³-hybridized carbons (Fsp3) is 0.429. The fourth-order valence-electron chi connectivity index (χ4n) is 3.43. The summed E-state index contributed by atoms with van der Waals surface area (Å²) in [6.45, 7) is 2.79. The largest absolute Gasteiger partial charge is 0.384 e. The van der Waals surface area contributed by atoms with E-state index in [4.69, 9.17) is 4.74 Å². The van der Waals surface area contributed by atoms with Crippen molar-refractivity contribution in [3.8, 4) is 0 Å². The van der Waals surface area contributed by atoms with Crippen LogP contribution in [-0.4, -0.2) is 46.9 Å². The fourth-order valence-corrected chi connectivity index (χ4v) is 3.43. The number of aromatic nitrogens is 2. The van der Waals surface area contributed by atoms with Crippen LogP contribution in [0.5, 0.6) is 0 Å². The summed E-state index contributed by atoms with van der Waals surface area (Å²) in [5, 5.41) is 2.71. The molecule has 2 amide bonds. The summed E-state index contributed by atoms with van der Waals surface area (Å²) in [5.74, 6) is -0.163. The van der Waals surface area contributed by atoms with Gasteiger partial charge in [-0.3, -0.25) is 9.59 Å². The summed E-state index contributed by atoms with van der Waals surface area (Å²) >= 11 is 0. The number of amides is 2. The smallest absolute Gasteiger partial charge is 0.259 e. The molecular formula is C21H25FN4O3. The minimum Gasteiger partial charge on any atom is -0.384 e. The van der Waals surface area contributed by atoms with Gasteiger partial charge in [-0.05, 0) is 50.5 Å². The molecule has 1 fully saturated rings. The van der Waals surface area contributed by atoms with Crippen LogP contribution in [0.15, 0.2) is 30.5 Å². The number of benzene rings is 1. The van der Waals surface area contributed by atoms with E-state index < -0.39 is 0 Å². The van der Waals surface area contributed by atoms with Crippen LogP contribution in [0.25, 0.3) is 0 Å². The molecule has 1 N–H and O–H groups in total. The maximum Gasteiger partial charge on any atom is 0.259 e. The Hall–Kier alpha value is -2.87. The molecule has 0 saturated carbocycles. The van der Waals surface area contributed by atoms with Crippen molar-refractivity contribution in [2.24, 2.45) is 0 Å². The molecule has 0 spiro atoms. The summed E-state index contributed by atoms with van der Waals surface area (Å²) in [6, 6.07) is 5.34. The highest BCUT2D eigenvalue weighted by Gasteiger charge is 2.30. The van der Waals surface area contributed by atoms with Gasteiger partial charge in [-0.2, -0.15) is 0 Å². The number of hydrogen-bond acceptors (Lipinski definition) is 5. The molecule has 0 bridgehead atoms. The Morgan fingerprint density at radius 3 is 2.72 bits per heavy atom. The predicted octanol–water partition coefficient (Wildman–Crippen LogP) is 3.27. The Morgan fingerprint density at radius 1 is 1.28 bits per heavy atom. The zero-order valence-electron chi connectivity index (χ0n) is 16.7.